The number of hydrogen-bond donors (Lipinski definition) is 1. The van der Waals surface area contributed by atoms with Crippen LogP contribution < -0.4 is 5.32 Å². The van der Waals surface area contributed by atoms with Gasteiger partial charge in [0.05, 0.1) is 15.8 Å². The third-order valence-corrected chi connectivity index (χ3v) is 6.48. The van der Waals surface area contributed by atoms with Crippen molar-refractivity contribution in [2.45, 2.75) is 45.0 Å². The zero-order valence-electron chi connectivity index (χ0n) is 17.7. The number of hydrogen-bond acceptors (Lipinski definition) is 3. The molecule has 0 unspecified atom stereocenters. The average molecular weight is 485 g/mol. The van der Waals surface area contributed by atoms with Crippen LogP contribution in [-0.2, 0) is 21.9 Å². The number of amides is 2. The number of benzene rings is 2. The van der Waals surface area contributed by atoms with Gasteiger partial charge < -0.3 is 10.2 Å². The topological polar surface area (TPSA) is 49.4 Å². The maximum atomic E-state index is 13.8. The van der Waals surface area contributed by atoms with Crippen LogP contribution in [0.25, 0.3) is 0 Å². The van der Waals surface area contributed by atoms with Crippen molar-refractivity contribution in [2.24, 2.45) is 0 Å². The van der Waals surface area contributed by atoms with E-state index >= 15 is 0 Å². The standard InChI is InChI=1S/C23H27Cl2FN2O2S/c1-3-4-11-27-23(30)16(2)28(13-17-9-10-19(24)20(25)12-17)22(29)15-31-14-18-7-5-6-8-21(18)26/h5-10,12,16H,3-4,11,13-15H2,1-2H3,(H,27,30)/t16-/m1/s1. The van der Waals surface area contributed by atoms with E-state index in [4.69, 9.17) is 23.2 Å². The first kappa shape index (κ1) is 25.5. The van der Waals surface area contributed by atoms with Crippen molar-refractivity contribution in [1.29, 1.82) is 0 Å². The van der Waals surface area contributed by atoms with E-state index in [-0.39, 0.29) is 29.9 Å². The SMILES string of the molecule is CCCCNC(=O)[C@@H](C)N(Cc1ccc(Cl)c(Cl)c1)C(=O)CSCc1ccccc1F. The molecule has 0 saturated heterocycles. The molecule has 0 aliphatic heterocycles. The molecule has 8 heteroatoms. The summed E-state index contributed by atoms with van der Waals surface area (Å²) in [7, 11) is 0. The van der Waals surface area contributed by atoms with Gasteiger partial charge in [-0.25, -0.2) is 4.39 Å². The minimum atomic E-state index is -0.659. The van der Waals surface area contributed by atoms with E-state index in [1.54, 1.807) is 43.3 Å². The summed E-state index contributed by atoms with van der Waals surface area (Å²) < 4.78 is 13.8. The van der Waals surface area contributed by atoms with Crippen molar-refractivity contribution >= 4 is 46.8 Å². The predicted molar refractivity (Wildman–Crippen MR) is 127 cm³/mol. The Morgan fingerprint density at radius 3 is 2.58 bits per heavy atom. The van der Waals surface area contributed by atoms with Gasteiger partial charge in [-0.1, -0.05) is 60.8 Å². The van der Waals surface area contributed by atoms with Crippen molar-refractivity contribution in [1.82, 2.24) is 10.2 Å². The number of nitrogens with one attached hydrogen (secondary N) is 1. The largest absolute Gasteiger partial charge is 0.354 e. The van der Waals surface area contributed by atoms with Gasteiger partial charge in [0.25, 0.3) is 0 Å². The molecule has 0 spiro atoms. The lowest BCUT2D eigenvalue weighted by molar-refractivity contribution is -0.138. The number of rotatable bonds is 11. The first-order valence-electron chi connectivity index (χ1n) is 10.2. The zero-order valence-corrected chi connectivity index (χ0v) is 20.0. The molecular weight excluding hydrogens is 458 g/mol. The van der Waals surface area contributed by atoms with Crippen LogP contribution in [0.2, 0.25) is 10.0 Å². The van der Waals surface area contributed by atoms with Crippen molar-refractivity contribution in [3.63, 3.8) is 0 Å². The quantitative estimate of drug-likeness (QED) is 0.416. The van der Waals surface area contributed by atoms with E-state index in [1.807, 2.05) is 6.92 Å². The Labute approximate surface area is 197 Å². The summed E-state index contributed by atoms with van der Waals surface area (Å²) in [6.07, 6.45) is 1.84. The molecule has 1 N–H and O–H groups in total. The molecule has 0 aliphatic rings. The first-order chi connectivity index (χ1) is 14.8. The van der Waals surface area contributed by atoms with Crippen molar-refractivity contribution < 1.29 is 14.0 Å². The molecule has 2 aromatic carbocycles. The lowest BCUT2D eigenvalue weighted by Gasteiger charge is -2.29. The van der Waals surface area contributed by atoms with E-state index in [0.29, 0.717) is 27.9 Å². The average Bonchev–Trinajstić information content (AvgIpc) is 2.75. The predicted octanol–water partition coefficient (Wildman–Crippen LogP) is 5.70. The van der Waals surface area contributed by atoms with Gasteiger partial charge in [-0.2, -0.15) is 0 Å². The van der Waals surface area contributed by atoms with Crippen LogP contribution in [-0.4, -0.2) is 35.1 Å². The smallest absolute Gasteiger partial charge is 0.242 e. The van der Waals surface area contributed by atoms with Gasteiger partial charge in [0.1, 0.15) is 11.9 Å². The third-order valence-electron chi connectivity index (χ3n) is 4.77. The van der Waals surface area contributed by atoms with Crippen LogP contribution in [0.4, 0.5) is 4.39 Å². The molecule has 0 heterocycles. The summed E-state index contributed by atoms with van der Waals surface area (Å²) >= 11 is 13.4. The number of halogens is 3. The van der Waals surface area contributed by atoms with E-state index in [9.17, 15) is 14.0 Å². The summed E-state index contributed by atoms with van der Waals surface area (Å²) in [5.74, 6) is -0.205. The van der Waals surface area contributed by atoms with Crippen LogP contribution in [0.1, 0.15) is 37.8 Å². The summed E-state index contributed by atoms with van der Waals surface area (Å²) in [6.45, 7) is 4.54. The van der Waals surface area contributed by atoms with E-state index in [0.717, 1.165) is 18.4 Å². The van der Waals surface area contributed by atoms with Crippen LogP contribution in [0, 0.1) is 5.82 Å². The number of unbranched alkanes of at least 4 members (excludes halogenated alkanes) is 1. The molecule has 0 saturated carbocycles. The van der Waals surface area contributed by atoms with Gasteiger partial charge in [-0.15, -0.1) is 11.8 Å². The minimum absolute atomic E-state index is 0.127. The molecule has 2 amide bonds. The maximum absolute atomic E-state index is 13.8. The summed E-state index contributed by atoms with van der Waals surface area (Å²) in [5.41, 5.74) is 1.32. The molecule has 1 atom stereocenters. The second-order valence-electron chi connectivity index (χ2n) is 7.17. The van der Waals surface area contributed by atoms with Crippen LogP contribution >= 0.6 is 35.0 Å². The highest BCUT2D eigenvalue weighted by Gasteiger charge is 2.26. The Balaban J connectivity index is 2.09. The Kier molecular flexibility index (Phi) is 10.6. The molecule has 168 valence electrons. The van der Waals surface area contributed by atoms with Gasteiger partial charge in [0.15, 0.2) is 0 Å². The highest BCUT2D eigenvalue weighted by atomic mass is 35.5. The summed E-state index contributed by atoms with van der Waals surface area (Å²) in [4.78, 5) is 27.2. The summed E-state index contributed by atoms with van der Waals surface area (Å²) in [5, 5.41) is 3.69. The van der Waals surface area contributed by atoms with E-state index in [1.165, 1.54) is 22.7 Å². The fraction of sp³-hybridized carbons (Fsp3) is 0.391. The molecular formula is C23H27Cl2FN2O2S. The second-order valence-corrected chi connectivity index (χ2v) is 8.97. The molecule has 4 nitrogen and oxygen atoms in total. The van der Waals surface area contributed by atoms with Gasteiger partial charge in [-0.05, 0) is 42.7 Å². The molecule has 0 aromatic heterocycles. The fourth-order valence-corrected chi connectivity index (χ4v) is 4.12. The number of nitrogens with zero attached hydrogens (tertiary/aromatic N) is 1. The molecule has 0 fully saturated rings. The van der Waals surface area contributed by atoms with E-state index in [2.05, 4.69) is 5.32 Å². The van der Waals surface area contributed by atoms with Crippen LogP contribution in [0.15, 0.2) is 42.5 Å². The van der Waals surface area contributed by atoms with E-state index < -0.39 is 6.04 Å². The van der Waals surface area contributed by atoms with Crippen LogP contribution in [0.5, 0.6) is 0 Å². The molecule has 2 aromatic rings. The number of carbonyl (C=O) groups is 2. The highest BCUT2D eigenvalue weighted by Crippen LogP contribution is 2.24. The summed E-state index contributed by atoms with van der Waals surface area (Å²) in [6, 6.07) is 11.0. The van der Waals surface area contributed by atoms with Gasteiger partial charge in [0.2, 0.25) is 11.8 Å². The second kappa shape index (κ2) is 12.9. The Hall–Kier alpha value is -1.76. The third kappa shape index (κ3) is 8.02. The fourth-order valence-electron chi connectivity index (χ4n) is 2.90. The number of thioether (sulfide) groups is 1. The Bertz CT molecular complexity index is 898. The maximum Gasteiger partial charge on any atom is 0.242 e. The zero-order chi connectivity index (χ0) is 22.8. The molecule has 31 heavy (non-hydrogen) atoms. The number of carbonyl (C=O) groups excluding carboxylic acids is 2. The van der Waals surface area contributed by atoms with Crippen molar-refractivity contribution in [3.8, 4) is 0 Å². The van der Waals surface area contributed by atoms with Crippen molar-refractivity contribution in [2.75, 3.05) is 12.3 Å². The first-order valence-corrected chi connectivity index (χ1v) is 12.1. The molecule has 2 rings (SSSR count). The molecule has 0 aliphatic carbocycles. The van der Waals surface area contributed by atoms with Gasteiger partial charge in [0, 0.05) is 18.8 Å². The minimum Gasteiger partial charge on any atom is -0.354 e. The monoisotopic (exact) mass is 484 g/mol. The lowest BCUT2D eigenvalue weighted by atomic mass is 10.1. The van der Waals surface area contributed by atoms with Gasteiger partial charge >= 0.3 is 0 Å². The Morgan fingerprint density at radius 1 is 1.16 bits per heavy atom. The van der Waals surface area contributed by atoms with Crippen LogP contribution in [0.3, 0.4) is 0 Å². The highest BCUT2D eigenvalue weighted by molar-refractivity contribution is 7.99. The molecule has 0 radical (unpaired) electrons. The van der Waals surface area contributed by atoms with Crippen molar-refractivity contribution in [3.05, 3.63) is 69.5 Å². The normalized spacial score (nSPS) is 11.8. The van der Waals surface area contributed by atoms with Gasteiger partial charge in [-0.3, -0.25) is 9.59 Å². The Morgan fingerprint density at radius 2 is 1.90 bits per heavy atom. The lowest BCUT2D eigenvalue weighted by Crippen LogP contribution is -2.48. The molecule has 0 bridgehead atoms.